The number of halogens is 2. The first-order chi connectivity index (χ1) is 20.9. The van der Waals surface area contributed by atoms with E-state index in [1.165, 1.54) is 23.9 Å². The van der Waals surface area contributed by atoms with Crippen LogP contribution in [0, 0.1) is 0 Å². The average molecular weight is 638 g/mol. The van der Waals surface area contributed by atoms with Crippen molar-refractivity contribution >= 4 is 40.9 Å². The number of ether oxygens (including phenoxy) is 3. The summed E-state index contributed by atoms with van der Waals surface area (Å²) in [5.74, 6) is 0.431. The van der Waals surface area contributed by atoms with Crippen LogP contribution in [0.2, 0.25) is 10.0 Å². The Kier molecular flexibility index (Phi) is 9.71. The van der Waals surface area contributed by atoms with Gasteiger partial charge in [-0.3, -0.25) is 0 Å². The molecule has 0 radical (unpaired) electrons. The van der Waals surface area contributed by atoms with Crippen LogP contribution in [0.5, 0.6) is 11.5 Å². The number of thioether (sulfide) groups is 1. The molecule has 0 unspecified atom stereocenters. The Morgan fingerprint density at radius 3 is 2.44 bits per heavy atom. The summed E-state index contributed by atoms with van der Waals surface area (Å²) in [6, 6.07) is 21.9. The van der Waals surface area contributed by atoms with Crippen molar-refractivity contribution < 1.29 is 24.2 Å². The molecule has 12 heteroatoms. The van der Waals surface area contributed by atoms with Crippen LogP contribution in [0.25, 0.3) is 34.0 Å². The SMILES string of the molecule is CCOC(=O)COc1cc(Cl)c(-c2nc(-c3cccc(OCc4ccccc4)c3)c(-c3ccnc(SC)n3)n2O)c(Cl)c1. The summed E-state index contributed by atoms with van der Waals surface area (Å²) in [5.41, 5.74) is 3.12. The maximum atomic E-state index is 11.7. The Morgan fingerprint density at radius 1 is 0.953 bits per heavy atom. The molecular formula is C31H26Cl2N4O5S. The minimum absolute atomic E-state index is 0.0804. The van der Waals surface area contributed by atoms with Gasteiger partial charge < -0.3 is 19.4 Å². The summed E-state index contributed by atoms with van der Waals surface area (Å²) >= 11 is 14.7. The molecule has 5 rings (SSSR count). The fraction of sp³-hybridized carbons (Fsp3) is 0.161. The molecular weight excluding hydrogens is 611 g/mol. The number of esters is 1. The summed E-state index contributed by atoms with van der Waals surface area (Å²) in [6.07, 6.45) is 3.47. The maximum Gasteiger partial charge on any atom is 0.344 e. The van der Waals surface area contributed by atoms with Crippen molar-refractivity contribution in [3.63, 3.8) is 0 Å². The van der Waals surface area contributed by atoms with Crippen molar-refractivity contribution in [2.24, 2.45) is 0 Å². The molecule has 0 aliphatic heterocycles. The van der Waals surface area contributed by atoms with Crippen LogP contribution in [0.3, 0.4) is 0 Å². The first kappa shape index (κ1) is 30.2. The topological polar surface area (TPSA) is 109 Å². The van der Waals surface area contributed by atoms with Crippen LogP contribution >= 0.6 is 35.0 Å². The zero-order chi connectivity index (χ0) is 30.3. The van der Waals surface area contributed by atoms with Crippen LogP contribution in [0.15, 0.2) is 84.1 Å². The van der Waals surface area contributed by atoms with Crippen molar-refractivity contribution in [1.29, 1.82) is 0 Å². The quantitative estimate of drug-likeness (QED) is 0.0683. The second-order valence-corrected chi connectivity index (χ2v) is 10.6. The van der Waals surface area contributed by atoms with Crippen molar-refractivity contribution in [2.75, 3.05) is 19.5 Å². The molecule has 0 bridgehead atoms. The van der Waals surface area contributed by atoms with Gasteiger partial charge in [0.1, 0.15) is 29.5 Å². The van der Waals surface area contributed by atoms with Gasteiger partial charge in [0.05, 0.1) is 27.9 Å². The second kappa shape index (κ2) is 13.8. The molecule has 0 aliphatic rings. The van der Waals surface area contributed by atoms with Crippen molar-refractivity contribution in [1.82, 2.24) is 19.7 Å². The minimum Gasteiger partial charge on any atom is -0.489 e. The van der Waals surface area contributed by atoms with Gasteiger partial charge in [0.15, 0.2) is 17.6 Å². The summed E-state index contributed by atoms with van der Waals surface area (Å²) in [4.78, 5) is 25.4. The number of hydrogen-bond donors (Lipinski definition) is 1. The Morgan fingerprint density at radius 2 is 1.72 bits per heavy atom. The van der Waals surface area contributed by atoms with Gasteiger partial charge >= 0.3 is 5.97 Å². The van der Waals surface area contributed by atoms with Gasteiger partial charge in [0.25, 0.3) is 0 Å². The van der Waals surface area contributed by atoms with Gasteiger partial charge in [0.2, 0.25) is 0 Å². The van der Waals surface area contributed by atoms with E-state index >= 15 is 0 Å². The van der Waals surface area contributed by atoms with E-state index in [4.69, 9.17) is 42.4 Å². The lowest BCUT2D eigenvalue weighted by atomic mass is 10.1. The molecule has 0 atom stereocenters. The minimum atomic E-state index is -0.525. The van der Waals surface area contributed by atoms with Gasteiger partial charge in [-0.25, -0.2) is 19.7 Å². The first-order valence-corrected chi connectivity index (χ1v) is 15.1. The van der Waals surface area contributed by atoms with E-state index in [-0.39, 0.29) is 40.4 Å². The van der Waals surface area contributed by atoms with Crippen molar-refractivity contribution in [3.8, 4) is 45.5 Å². The molecule has 43 heavy (non-hydrogen) atoms. The number of hydrogen-bond acceptors (Lipinski definition) is 9. The molecule has 0 saturated carbocycles. The maximum absolute atomic E-state index is 11.7. The number of rotatable bonds is 11. The molecule has 0 spiro atoms. The van der Waals surface area contributed by atoms with E-state index in [9.17, 15) is 10.0 Å². The van der Waals surface area contributed by atoms with Crippen LogP contribution in [0.4, 0.5) is 0 Å². The monoisotopic (exact) mass is 636 g/mol. The molecule has 0 aliphatic carbocycles. The fourth-order valence-electron chi connectivity index (χ4n) is 4.24. The molecule has 1 N–H and O–H groups in total. The number of imidazole rings is 1. The predicted octanol–water partition coefficient (Wildman–Crippen LogP) is 7.46. The van der Waals surface area contributed by atoms with Crippen molar-refractivity contribution in [3.05, 3.63) is 94.6 Å². The molecule has 9 nitrogen and oxygen atoms in total. The van der Waals surface area contributed by atoms with Gasteiger partial charge in [-0.1, -0.05) is 77.4 Å². The number of nitrogens with zero attached hydrogens (tertiary/aromatic N) is 4. The van der Waals surface area contributed by atoms with Crippen LogP contribution in [-0.2, 0) is 16.1 Å². The van der Waals surface area contributed by atoms with Crippen LogP contribution < -0.4 is 9.47 Å². The van der Waals surface area contributed by atoms with E-state index in [0.29, 0.717) is 40.2 Å². The number of benzene rings is 3. The van der Waals surface area contributed by atoms with Crippen LogP contribution in [-0.4, -0.2) is 50.3 Å². The highest BCUT2D eigenvalue weighted by atomic mass is 35.5. The van der Waals surface area contributed by atoms with E-state index in [1.807, 2.05) is 60.9 Å². The molecule has 2 heterocycles. The Hall–Kier alpha value is -4.25. The first-order valence-electron chi connectivity index (χ1n) is 13.1. The third-order valence-electron chi connectivity index (χ3n) is 6.17. The zero-order valence-corrected chi connectivity index (χ0v) is 25.5. The molecule has 220 valence electrons. The van der Waals surface area contributed by atoms with Gasteiger partial charge in [-0.2, -0.15) is 4.73 Å². The summed E-state index contributed by atoms with van der Waals surface area (Å²) in [6.45, 7) is 2.02. The fourth-order valence-corrected chi connectivity index (χ4v) is 5.23. The highest BCUT2D eigenvalue weighted by Crippen LogP contribution is 2.42. The van der Waals surface area contributed by atoms with Gasteiger partial charge in [0, 0.05) is 11.8 Å². The molecule has 0 fully saturated rings. The normalized spacial score (nSPS) is 10.9. The lowest BCUT2D eigenvalue weighted by Gasteiger charge is -2.11. The molecule has 3 aromatic carbocycles. The van der Waals surface area contributed by atoms with E-state index in [1.54, 1.807) is 19.2 Å². The van der Waals surface area contributed by atoms with E-state index in [2.05, 4.69) is 9.97 Å². The summed E-state index contributed by atoms with van der Waals surface area (Å²) < 4.78 is 17.4. The summed E-state index contributed by atoms with van der Waals surface area (Å²) in [5, 5.41) is 12.4. The molecule has 0 saturated heterocycles. The molecule has 0 amide bonds. The lowest BCUT2D eigenvalue weighted by molar-refractivity contribution is -0.145. The standard InChI is InChI=1S/C31H26Cl2N4O5S/c1-3-40-26(38)18-42-22-15-23(32)27(24(33)16-22)30-36-28(29(37(30)39)25-12-13-34-31(35-25)43-2)20-10-7-11-21(14-20)41-17-19-8-5-4-6-9-19/h4-16,39H,3,17-18H2,1-2H3. The second-order valence-electron chi connectivity index (χ2n) is 9.03. The Balaban J connectivity index is 1.57. The van der Waals surface area contributed by atoms with Gasteiger partial charge in [-0.05, 0) is 49.1 Å². The Bertz CT molecular complexity index is 1730. The van der Waals surface area contributed by atoms with Crippen LogP contribution in [0.1, 0.15) is 12.5 Å². The highest BCUT2D eigenvalue weighted by molar-refractivity contribution is 7.98. The average Bonchev–Trinajstić information content (AvgIpc) is 3.36. The third-order valence-corrected chi connectivity index (χ3v) is 7.33. The summed E-state index contributed by atoms with van der Waals surface area (Å²) in [7, 11) is 0. The smallest absolute Gasteiger partial charge is 0.344 e. The number of carbonyl (C=O) groups excluding carboxylic acids is 1. The predicted molar refractivity (Wildman–Crippen MR) is 166 cm³/mol. The lowest BCUT2D eigenvalue weighted by Crippen LogP contribution is -2.14. The third kappa shape index (κ3) is 7.05. The number of carbonyl (C=O) groups is 1. The van der Waals surface area contributed by atoms with E-state index in [0.717, 1.165) is 10.3 Å². The van der Waals surface area contributed by atoms with Crippen molar-refractivity contribution in [2.45, 2.75) is 18.7 Å². The number of aromatic nitrogens is 4. The highest BCUT2D eigenvalue weighted by Gasteiger charge is 2.26. The van der Waals surface area contributed by atoms with E-state index < -0.39 is 5.97 Å². The molecule has 2 aromatic heterocycles. The largest absolute Gasteiger partial charge is 0.489 e. The Labute approximate surface area is 262 Å². The zero-order valence-electron chi connectivity index (χ0n) is 23.2. The molecule has 5 aromatic rings. The van der Waals surface area contributed by atoms with Gasteiger partial charge in [-0.15, -0.1) is 0 Å².